The molecule has 1 saturated heterocycles. The molecule has 0 spiro atoms. The molecule has 2 heterocycles. The van der Waals surface area contributed by atoms with Crippen LogP contribution in [0.2, 0.25) is 0 Å². The molecule has 0 bridgehead atoms. The van der Waals surface area contributed by atoms with Gasteiger partial charge in [0.1, 0.15) is 24.2 Å². The molecular formula is C31H40N6O5. The molecule has 1 fully saturated rings. The Balaban J connectivity index is 0.000000232. The third-order valence-corrected chi connectivity index (χ3v) is 6.67. The minimum absolute atomic E-state index is 0.00600. The molecule has 4 rings (SSSR count). The highest BCUT2D eigenvalue weighted by Crippen LogP contribution is 2.24. The molecule has 5 N–H and O–H groups in total. The van der Waals surface area contributed by atoms with Gasteiger partial charge in [0.2, 0.25) is 11.8 Å². The summed E-state index contributed by atoms with van der Waals surface area (Å²) in [5, 5.41) is 2.48. The first kappa shape index (κ1) is 32.1. The maximum absolute atomic E-state index is 13.0. The summed E-state index contributed by atoms with van der Waals surface area (Å²) in [4.78, 5) is 41.8. The van der Waals surface area contributed by atoms with Crippen LogP contribution in [0, 0.1) is 12.4 Å². The fourth-order valence-corrected chi connectivity index (χ4v) is 4.24. The lowest BCUT2D eigenvalue weighted by Gasteiger charge is -2.30. The van der Waals surface area contributed by atoms with Crippen LogP contribution in [0.15, 0.2) is 60.9 Å². The second-order valence-electron chi connectivity index (χ2n) is 10.6. The van der Waals surface area contributed by atoms with Crippen LogP contribution in [0.25, 0.3) is 0 Å². The van der Waals surface area contributed by atoms with Gasteiger partial charge in [-0.3, -0.25) is 19.0 Å². The van der Waals surface area contributed by atoms with Crippen LogP contribution in [0.5, 0.6) is 5.75 Å². The van der Waals surface area contributed by atoms with E-state index in [-0.39, 0.29) is 12.5 Å². The zero-order chi connectivity index (χ0) is 30.5. The Morgan fingerprint density at radius 1 is 1.05 bits per heavy atom. The standard InChI is InChI=1S/C17H19N3O2.C14H21N3O3/c1-22-15-7-5-14(6-8-15)16(20-12-9-18-13-20)17(21)19-10-3-2-4-11-19;1-14(2,16)13(19)17-11(12(15)18)9-20-8-10-6-4-3-5-7-10/h5-8,13,16H,2-4,10-11H2,1H3;3-7,11H,8-9,16H2,1-2H3,(H2,15,18)(H,17,19)/t;11-/m.1/s1. The van der Waals surface area contributed by atoms with Crippen LogP contribution in [0.1, 0.15) is 50.3 Å². The lowest BCUT2D eigenvalue weighted by Crippen LogP contribution is -2.56. The third-order valence-electron chi connectivity index (χ3n) is 6.67. The van der Waals surface area contributed by atoms with Crippen LogP contribution < -0.4 is 21.5 Å². The smallest absolute Gasteiger partial charge is 0.251 e. The molecule has 2 aromatic carbocycles. The number of nitrogens with one attached hydrogen (secondary N) is 1. The van der Waals surface area contributed by atoms with E-state index in [9.17, 15) is 14.4 Å². The number of benzene rings is 2. The number of amides is 3. The van der Waals surface area contributed by atoms with Crippen molar-refractivity contribution < 1.29 is 23.9 Å². The first-order valence-corrected chi connectivity index (χ1v) is 13.9. The Morgan fingerprint density at radius 2 is 1.71 bits per heavy atom. The van der Waals surface area contributed by atoms with Crippen molar-refractivity contribution in [2.75, 3.05) is 26.8 Å². The van der Waals surface area contributed by atoms with Crippen LogP contribution >= 0.6 is 0 Å². The van der Waals surface area contributed by atoms with E-state index in [4.69, 9.17) is 20.9 Å². The lowest BCUT2D eigenvalue weighted by atomic mass is 10.0. The average Bonchev–Trinajstić information content (AvgIpc) is 3.52. The van der Waals surface area contributed by atoms with Gasteiger partial charge in [-0.05, 0) is 56.4 Å². The van der Waals surface area contributed by atoms with Gasteiger partial charge in [-0.25, -0.2) is 0 Å². The number of aromatic nitrogens is 2. The number of likely N-dealkylation sites (tertiary alicyclic amines) is 1. The Labute approximate surface area is 247 Å². The van der Waals surface area contributed by atoms with E-state index in [1.165, 1.54) is 6.42 Å². The highest BCUT2D eigenvalue weighted by atomic mass is 16.5. The molecule has 11 nitrogen and oxygen atoms in total. The monoisotopic (exact) mass is 576 g/mol. The maximum Gasteiger partial charge on any atom is 0.251 e. The minimum atomic E-state index is -1.08. The highest BCUT2D eigenvalue weighted by molar-refractivity contribution is 5.90. The topological polar surface area (TPSA) is 155 Å². The largest absolute Gasteiger partial charge is 0.497 e. The summed E-state index contributed by atoms with van der Waals surface area (Å²) in [6.07, 6.45) is 10.5. The number of nitrogens with zero attached hydrogens (tertiary/aromatic N) is 3. The summed E-state index contributed by atoms with van der Waals surface area (Å²) in [6, 6.07) is 15.7. The number of primary amides is 1. The van der Waals surface area contributed by atoms with E-state index in [1.807, 2.05) is 59.5 Å². The van der Waals surface area contributed by atoms with Crippen molar-refractivity contribution in [2.45, 2.75) is 57.3 Å². The zero-order valence-corrected chi connectivity index (χ0v) is 24.4. The number of rotatable bonds is 11. The van der Waals surface area contributed by atoms with Crippen molar-refractivity contribution in [3.63, 3.8) is 0 Å². The predicted octanol–water partition coefficient (Wildman–Crippen LogP) is 2.00. The van der Waals surface area contributed by atoms with Crippen molar-refractivity contribution in [3.8, 4) is 5.75 Å². The Hall–Kier alpha value is -4.40. The van der Waals surface area contributed by atoms with Gasteiger partial charge < -0.3 is 31.2 Å². The van der Waals surface area contributed by atoms with E-state index in [2.05, 4.69) is 22.7 Å². The zero-order valence-electron chi connectivity index (χ0n) is 24.4. The van der Waals surface area contributed by atoms with E-state index in [0.717, 1.165) is 42.8 Å². The highest BCUT2D eigenvalue weighted by Gasteiger charge is 2.29. The van der Waals surface area contributed by atoms with Crippen molar-refractivity contribution in [3.05, 3.63) is 84.4 Å². The normalized spacial score (nSPS) is 14.4. The molecule has 3 amide bonds. The number of carbonyl (C=O) groups is 3. The molecule has 0 saturated carbocycles. The van der Waals surface area contributed by atoms with Gasteiger partial charge in [0, 0.05) is 19.3 Å². The molecule has 1 unspecified atom stereocenters. The fourth-order valence-electron chi connectivity index (χ4n) is 4.24. The number of ether oxygens (including phenoxy) is 2. The molecule has 1 aliphatic heterocycles. The van der Waals surface area contributed by atoms with E-state index < -0.39 is 29.4 Å². The van der Waals surface area contributed by atoms with Crippen LogP contribution in [-0.2, 0) is 25.7 Å². The molecule has 224 valence electrons. The summed E-state index contributed by atoms with van der Waals surface area (Å²) in [5.74, 6) is -0.248. The molecule has 1 aromatic heterocycles. The molecule has 11 heteroatoms. The second-order valence-corrected chi connectivity index (χ2v) is 10.6. The molecule has 42 heavy (non-hydrogen) atoms. The maximum atomic E-state index is 13.0. The molecule has 2 atom stereocenters. The van der Waals surface area contributed by atoms with E-state index >= 15 is 0 Å². The van der Waals surface area contributed by atoms with Gasteiger partial charge in [-0.15, -0.1) is 0 Å². The molecule has 0 aliphatic carbocycles. The fraction of sp³-hybridized carbons (Fsp3) is 0.419. The van der Waals surface area contributed by atoms with Gasteiger partial charge in [0.05, 0.1) is 32.1 Å². The first-order chi connectivity index (χ1) is 20.1. The molecule has 1 aliphatic rings. The van der Waals surface area contributed by atoms with Crippen molar-refractivity contribution in [2.24, 2.45) is 11.5 Å². The van der Waals surface area contributed by atoms with Crippen molar-refractivity contribution >= 4 is 17.7 Å². The van der Waals surface area contributed by atoms with Gasteiger partial charge in [-0.2, -0.15) is 4.98 Å². The number of methoxy groups -OCH3 is 1. The predicted molar refractivity (Wildman–Crippen MR) is 157 cm³/mol. The summed E-state index contributed by atoms with van der Waals surface area (Å²) < 4.78 is 12.3. The number of piperidine rings is 1. The van der Waals surface area contributed by atoms with Crippen LogP contribution in [-0.4, -0.2) is 70.6 Å². The quantitative estimate of drug-likeness (QED) is 0.315. The van der Waals surface area contributed by atoms with Gasteiger partial charge >= 0.3 is 0 Å². The average molecular weight is 577 g/mol. The molecule has 3 aromatic rings. The third kappa shape index (κ3) is 9.61. The van der Waals surface area contributed by atoms with Gasteiger partial charge in [0.25, 0.3) is 5.91 Å². The number of hydrogen-bond donors (Lipinski definition) is 3. The molecular weight excluding hydrogens is 536 g/mol. The Kier molecular flexibility index (Phi) is 11.9. The van der Waals surface area contributed by atoms with Crippen molar-refractivity contribution in [1.82, 2.24) is 19.8 Å². The van der Waals surface area contributed by atoms with Crippen molar-refractivity contribution in [1.29, 1.82) is 0 Å². The van der Waals surface area contributed by atoms with Gasteiger partial charge in [-0.1, -0.05) is 42.5 Å². The Morgan fingerprint density at radius 3 is 2.26 bits per heavy atom. The number of nitrogens with two attached hydrogens (primary N) is 2. The second kappa shape index (κ2) is 15.6. The van der Waals surface area contributed by atoms with Crippen LogP contribution in [0.4, 0.5) is 0 Å². The summed E-state index contributed by atoms with van der Waals surface area (Å²) >= 11 is 0. The number of hydrogen-bond acceptors (Lipinski definition) is 7. The van der Waals surface area contributed by atoms with E-state index in [1.54, 1.807) is 31.9 Å². The first-order valence-electron chi connectivity index (χ1n) is 13.9. The van der Waals surface area contributed by atoms with Crippen LogP contribution in [0.3, 0.4) is 0 Å². The van der Waals surface area contributed by atoms with Gasteiger partial charge in [0.15, 0.2) is 0 Å². The summed E-state index contributed by atoms with van der Waals surface area (Å²) in [5.41, 5.74) is 11.7. The molecule has 0 radical (unpaired) electrons. The lowest BCUT2D eigenvalue weighted by molar-refractivity contribution is -0.134. The SMILES string of the molecule is CC(C)(N)C(=O)N[C@H](COCc1ccccc1)C(N)=O.COc1ccc(C(C(=O)N2CCCCC2)n2c#cnc2)cc1. The summed E-state index contributed by atoms with van der Waals surface area (Å²) in [6.45, 7) is 5.09. The summed E-state index contributed by atoms with van der Waals surface area (Å²) in [7, 11) is 1.63. The minimum Gasteiger partial charge on any atom is -0.497 e. The number of carbonyl (C=O) groups excluding carboxylic acids is 3. The van der Waals surface area contributed by atoms with E-state index in [0.29, 0.717) is 6.61 Å². The Bertz CT molecular complexity index is 1250.